The van der Waals surface area contributed by atoms with Crippen LogP contribution in [0.3, 0.4) is 0 Å². The van der Waals surface area contributed by atoms with E-state index in [0.717, 1.165) is 4.90 Å². The lowest BCUT2D eigenvalue weighted by Crippen LogP contribution is -2.45. The van der Waals surface area contributed by atoms with E-state index in [0.29, 0.717) is 17.9 Å². The van der Waals surface area contributed by atoms with Crippen molar-refractivity contribution in [2.45, 2.75) is 70.8 Å². The van der Waals surface area contributed by atoms with Crippen LogP contribution in [0.1, 0.15) is 81.1 Å². The van der Waals surface area contributed by atoms with Crippen LogP contribution in [0.25, 0.3) is 0 Å². The van der Waals surface area contributed by atoms with E-state index in [-0.39, 0.29) is 24.2 Å². The molecule has 1 atom stereocenters. The smallest absolute Gasteiger partial charge is 0.323 e. The van der Waals surface area contributed by atoms with Gasteiger partial charge in [0.15, 0.2) is 5.78 Å². The van der Waals surface area contributed by atoms with Crippen molar-refractivity contribution >= 4 is 17.7 Å². The van der Waals surface area contributed by atoms with E-state index in [1.807, 2.05) is 38.1 Å². The van der Waals surface area contributed by atoms with Gasteiger partial charge in [-0.3, -0.25) is 14.5 Å². The second-order valence-corrected chi connectivity index (χ2v) is 8.63. The normalized spacial score (nSPS) is 23.8. The Bertz CT molecular complexity index is 720. The van der Waals surface area contributed by atoms with Crippen molar-refractivity contribution in [3.63, 3.8) is 0 Å². The highest BCUT2D eigenvalue weighted by atomic mass is 16.2. The van der Waals surface area contributed by atoms with Gasteiger partial charge in [-0.2, -0.15) is 0 Å². The van der Waals surface area contributed by atoms with Crippen LogP contribution < -0.4 is 5.32 Å². The number of hydrogen-bond acceptors (Lipinski definition) is 3. The molecule has 1 aromatic rings. The highest BCUT2D eigenvalue weighted by Gasteiger charge is 2.48. The fourth-order valence-electron chi connectivity index (χ4n) is 4.46. The number of imide groups is 1. The van der Waals surface area contributed by atoms with Crippen molar-refractivity contribution in [2.75, 3.05) is 6.54 Å². The van der Waals surface area contributed by atoms with Gasteiger partial charge in [0.05, 0.1) is 6.54 Å². The lowest BCUT2D eigenvalue weighted by molar-refractivity contribution is -0.131. The van der Waals surface area contributed by atoms with Gasteiger partial charge in [-0.05, 0) is 43.6 Å². The van der Waals surface area contributed by atoms with Crippen molar-refractivity contribution in [2.24, 2.45) is 5.92 Å². The number of benzene rings is 1. The maximum absolute atomic E-state index is 12.7. The summed E-state index contributed by atoms with van der Waals surface area (Å²) in [6.45, 7) is 5.54. The molecule has 3 amide bonds. The summed E-state index contributed by atoms with van der Waals surface area (Å²) in [6, 6.07) is 7.24. The van der Waals surface area contributed by atoms with E-state index in [2.05, 4.69) is 5.32 Å². The third kappa shape index (κ3) is 4.23. The van der Waals surface area contributed by atoms with E-state index < -0.39 is 11.6 Å². The van der Waals surface area contributed by atoms with Gasteiger partial charge >= 0.3 is 6.03 Å². The maximum atomic E-state index is 12.7. The van der Waals surface area contributed by atoms with Crippen LogP contribution in [-0.4, -0.2) is 34.7 Å². The van der Waals surface area contributed by atoms with Gasteiger partial charge in [-0.15, -0.1) is 0 Å². The Morgan fingerprint density at radius 1 is 1.15 bits per heavy atom. The van der Waals surface area contributed by atoms with Crippen molar-refractivity contribution in [3.05, 3.63) is 35.4 Å². The molecule has 0 radical (unpaired) electrons. The fourth-order valence-corrected chi connectivity index (χ4v) is 4.46. The first kappa shape index (κ1) is 19.6. The first-order valence-corrected chi connectivity index (χ1v) is 10.1. The van der Waals surface area contributed by atoms with Gasteiger partial charge in [0, 0.05) is 5.56 Å². The second-order valence-electron chi connectivity index (χ2n) is 8.63. The molecule has 1 aliphatic carbocycles. The van der Waals surface area contributed by atoms with Crippen LogP contribution in [0.15, 0.2) is 24.3 Å². The van der Waals surface area contributed by atoms with Crippen molar-refractivity contribution in [1.82, 2.24) is 10.2 Å². The fraction of sp³-hybridized carbons (Fsp3) is 0.591. The Kier molecular flexibility index (Phi) is 5.68. The highest BCUT2D eigenvalue weighted by molar-refractivity contribution is 6.11. The van der Waals surface area contributed by atoms with Crippen LogP contribution in [0.4, 0.5) is 4.79 Å². The summed E-state index contributed by atoms with van der Waals surface area (Å²) >= 11 is 0. The molecule has 3 rings (SSSR count). The predicted molar refractivity (Wildman–Crippen MR) is 105 cm³/mol. The van der Waals surface area contributed by atoms with Gasteiger partial charge in [0.2, 0.25) is 0 Å². The quantitative estimate of drug-likeness (QED) is 0.600. The number of nitrogens with zero attached hydrogens (tertiary/aromatic N) is 1. The topological polar surface area (TPSA) is 66.5 Å². The average Bonchev–Trinajstić information content (AvgIpc) is 2.84. The number of nitrogens with one attached hydrogen (secondary N) is 1. The molecule has 1 N–H and O–H groups in total. The van der Waals surface area contributed by atoms with E-state index in [1.54, 1.807) is 6.92 Å². The molecule has 0 unspecified atom stereocenters. The monoisotopic (exact) mass is 370 g/mol. The number of hydrogen-bond donors (Lipinski definition) is 1. The van der Waals surface area contributed by atoms with Crippen LogP contribution in [0.5, 0.6) is 0 Å². The molecule has 5 nitrogen and oxygen atoms in total. The third-order valence-corrected chi connectivity index (χ3v) is 5.77. The molecule has 0 aromatic heterocycles. The molecule has 1 aliphatic heterocycles. The van der Waals surface area contributed by atoms with Crippen molar-refractivity contribution < 1.29 is 14.4 Å². The number of urea groups is 1. The number of carbonyl (C=O) groups is 3. The van der Waals surface area contributed by atoms with Gasteiger partial charge in [-0.1, -0.05) is 57.4 Å². The van der Waals surface area contributed by atoms with Crippen LogP contribution in [0, 0.1) is 5.92 Å². The summed E-state index contributed by atoms with van der Waals surface area (Å²) in [5.74, 6) is 0.337. The van der Waals surface area contributed by atoms with Crippen LogP contribution >= 0.6 is 0 Å². The first-order chi connectivity index (χ1) is 12.8. The second kappa shape index (κ2) is 7.83. The minimum atomic E-state index is -0.920. The molecule has 0 spiro atoms. The lowest BCUT2D eigenvalue weighted by Gasteiger charge is -2.23. The Morgan fingerprint density at radius 2 is 1.78 bits per heavy atom. The maximum Gasteiger partial charge on any atom is 0.325 e. The average molecular weight is 370 g/mol. The summed E-state index contributed by atoms with van der Waals surface area (Å²) < 4.78 is 0. The van der Waals surface area contributed by atoms with Gasteiger partial charge < -0.3 is 5.32 Å². The molecule has 0 bridgehead atoms. The molecule has 2 fully saturated rings. The molecule has 2 aliphatic rings. The third-order valence-electron chi connectivity index (χ3n) is 5.77. The molecule has 27 heavy (non-hydrogen) atoms. The molecular formula is C22H30N2O3. The first-order valence-electron chi connectivity index (χ1n) is 10.1. The van der Waals surface area contributed by atoms with E-state index in [9.17, 15) is 14.4 Å². The SMILES string of the molecule is CC(C)C[C@]1(C)NC(=O)N(CC(=O)c2ccc(C3CCCCC3)cc2)C1=O. The summed E-state index contributed by atoms with van der Waals surface area (Å²) in [7, 11) is 0. The largest absolute Gasteiger partial charge is 0.325 e. The summed E-state index contributed by atoms with van der Waals surface area (Å²) in [5.41, 5.74) is 0.912. The number of ketones is 1. The summed E-state index contributed by atoms with van der Waals surface area (Å²) in [6.07, 6.45) is 6.83. The minimum Gasteiger partial charge on any atom is -0.323 e. The van der Waals surface area contributed by atoms with Crippen LogP contribution in [0.2, 0.25) is 0 Å². The zero-order valence-electron chi connectivity index (χ0n) is 16.6. The number of carbonyl (C=O) groups excluding carboxylic acids is 3. The lowest BCUT2D eigenvalue weighted by atomic mass is 9.84. The van der Waals surface area contributed by atoms with Crippen LogP contribution in [-0.2, 0) is 4.79 Å². The molecular weight excluding hydrogens is 340 g/mol. The highest BCUT2D eigenvalue weighted by Crippen LogP contribution is 2.32. The van der Waals surface area contributed by atoms with E-state index >= 15 is 0 Å². The number of rotatable bonds is 6. The van der Waals surface area contributed by atoms with E-state index in [1.165, 1.54) is 37.7 Å². The molecule has 146 valence electrons. The molecule has 1 saturated heterocycles. The molecule has 1 heterocycles. The predicted octanol–water partition coefficient (Wildman–Crippen LogP) is 4.27. The zero-order valence-corrected chi connectivity index (χ0v) is 16.6. The molecule has 1 saturated carbocycles. The zero-order chi connectivity index (χ0) is 19.6. The Balaban J connectivity index is 1.66. The molecule has 5 heteroatoms. The Hall–Kier alpha value is -2.17. The van der Waals surface area contributed by atoms with E-state index in [4.69, 9.17) is 0 Å². The number of Topliss-reactive ketones (excluding diaryl/α,β-unsaturated/α-hetero) is 1. The van der Waals surface area contributed by atoms with Gasteiger partial charge in [0.25, 0.3) is 5.91 Å². The summed E-state index contributed by atoms with van der Waals surface area (Å²) in [4.78, 5) is 38.6. The van der Waals surface area contributed by atoms with Gasteiger partial charge in [0.1, 0.15) is 5.54 Å². The Labute approximate surface area is 161 Å². The summed E-state index contributed by atoms with van der Waals surface area (Å²) in [5, 5.41) is 2.76. The van der Waals surface area contributed by atoms with Crippen molar-refractivity contribution in [1.29, 1.82) is 0 Å². The van der Waals surface area contributed by atoms with Gasteiger partial charge in [-0.25, -0.2) is 4.79 Å². The number of amides is 3. The molecule has 1 aromatic carbocycles. The van der Waals surface area contributed by atoms with Crippen molar-refractivity contribution in [3.8, 4) is 0 Å². The Morgan fingerprint density at radius 3 is 2.37 bits per heavy atom. The minimum absolute atomic E-state index is 0.206. The standard InChI is InChI=1S/C22H30N2O3/c1-15(2)13-22(3)20(26)24(21(27)23-22)14-19(25)18-11-9-17(10-12-18)16-7-5-4-6-8-16/h9-12,15-16H,4-8,13-14H2,1-3H3,(H,23,27)/t22-/m0/s1.